The van der Waals surface area contributed by atoms with Gasteiger partial charge in [-0.3, -0.25) is 4.79 Å². The van der Waals surface area contributed by atoms with Gasteiger partial charge in [0.2, 0.25) is 5.91 Å². The predicted octanol–water partition coefficient (Wildman–Crippen LogP) is 3.48. The van der Waals surface area contributed by atoms with E-state index in [4.69, 9.17) is 16.3 Å². The number of aliphatic carboxylic acids is 1. The summed E-state index contributed by atoms with van der Waals surface area (Å²) in [6.07, 6.45) is 1.15. The van der Waals surface area contributed by atoms with Crippen LogP contribution in [0.3, 0.4) is 0 Å². The van der Waals surface area contributed by atoms with Crippen LogP contribution in [-0.2, 0) is 22.4 Å². The molecule has 0 heterocycles. The van der Waals surface area contributed by atoms with Gasteiger partial charge < -0.3 is 15.2 Å². The summed E-state index contributed by atoms with van der Waals surface area (Å²) in [6.45, 7) is 2.57. The zero-order valence-corrected chi connectivity index (χ0v) is 15.3. The van der Waals surface area contributed by atoms with Crippen LogP contribution in [0.1, 0.15) is 24.5 Å². The maximum absolute atomic E-state index is 12.2. The number of hydrogen-bond donors (Lipinski definition) is 2. The number of carboxylic acids is 1. The Balaban J connectivity index is 1.97. The standard InChI is InChI=1S/C20H22ClNO4/c1-2-10-26-18-9-8-15(11-16(18)21)13-19(23)22-17(20(24)25)12-14-6-4-3-5-7-14/h3-9,11,17H,2,10,12-13H2,1H3,(H,22,23)(H,24,25)/t17-/m1/s1. The maximum atomic E-state index is 12.2. The molecule has 2 aromatic rings. The molecular formula is C20H22ClNO4. The number of carboxylic acid groups (broad SMARTS) is 1. The van der Waals surface area contributed by atoms with Crippen molar-refractivity contribution in [2.75, 3.05) is 6.61 Å². The average Bonchev–Trinajstić information content (AvgIpc) is 2.61. The molecule has 26 heavy (non-hydrogen) atoms. The van der Waals surface area contributed by atoms with E-state index in [1.807, 2.05) is 37.3 Å². The second kappa shape index (κ2) is 9.82. The summed E-state index contributed by atoms with van der Waals surface area (Å²) in [5.74, 6) is -0.861. The van der Waals surface area contributed by atoms with Crippen LogP contribution in [0.15, 0.2) is 48.5 Å². The van der Waals surface area contributed by atoms with Crippen LogP contribution in [0.5, 0.6) is 5.75 Å². The van der Waals surface area contributed by atoms with Crippen molar-refractivity contribution in [3.63, 3.8) is 0 Å². The molecule has 0 aliphatic rings. The molecule has 0 saturated carbocycles. The monoisotopic (exact) mass is 375 g/mol. The quantitative estimate of drug-likeness (QED) is 0.703. The minimum atomic E-state index is -1.07. The fourth-order valence-electron chi connectivity index (χ4n) is 2.46. The third-order valence-electron chi connectivity index (χ3n) is 3.74. The van der Waals surface area contributed by atoms with E-state index in [1.165, 1.54) is 0 Å². The Morgan fingerprint density at radius 2 is 1.88 bits per heavy atom. The second-order valence-electron chi connectivity index (χ2n) is 5.94. The number of ether oxygens (including phenoxy) is 1. The molecule has 6 heteroatoms. The molecule has 0 saturated heterocycles. The molecule has 0 spiro atoms. The van der Waals surface area contributed by atoms with Gasteiger partial charge in [-0.25, -0.2) is 4.79 Å². The molecule has 2 N–H and O–H groups in total. The summed E-state index contributed by atoms with van der Waals surface area (Å²) in [6, 6.07) is 13.3. The van der Waals surface area contributed by atoms with Gasteiger partial charge in [0.1, 0.15) is 11.8 Å². The van der Waals surface area contributed by atoms with E-state index >= 15 is 0 Å². The normalized spacial score (nSPS) is 11.6. The number of amides is 1. The summed E-state index contributed by atoms with van der Waals surface area (Å²) >= 11 is 6.16. The Hall–Kier alpha value is -2.53. The minimum Gasteiger partial charge on any atom is -0.492 e. The number of carbonyl (C=O) groups excluding carboxylic acids is 1. The van der Waals surface area contributed by atoms with E-state index in [9.17, 15) is 14.7 Å². The minimum absolute atomic E-state index is 0.0480. The molecule has 0 fully saturated rings. The largest absolute Gasteiger partial charge is 0.492 e. The lowest BCUT2D eigenvalue weighted by Crippen LogP contribution is -2.43. The van der Waals surface area contributed by atoms with E-state index < -0.39 is 12.0 Å². The summed E-state index contributed by atoms with van der Waals surface area (Å²) in [7, 11) is 0. The van der Waals surface area contributed by atoms with Crippen molar-refractivity contribution >= 4 is 23.5 Å². The molecule has 2 aromatic carbocycles. The van der Waals surface area contributed by atoms with Gasteiger partial charge in [-0.15, -0.1) is 0 Å². The van der Waals surface area contributed by atoms with Gasteiger partial charge in [0.05, 0.1) is 18.1 Å². The molecule has 0 bridgehead atoms. The van der Waals surface area contributed by atoms with Crippen LogP contribution in [0.2, 0.25) is 5.02 Å². The highest BCUT2D eigenvalue weighted by atomic mass is 35.5. The van der Waals surface area contributed by atoms with E-state index in [0.717, 1.165) is 12.0 Å². The van der Waals surface area contributed by atoms with E-state index in [-0.39, 0.29) is 18.7 Å². The first kappa shape index (κ1) is 19.8. The number of benzene rings is 2. The van der Waals surface area contributed by atoms with Gasteiger partial charge in [-0.2, -0.15) is 0 Å². The Morgan fingerprint density at radius 1 is 1.15 bits per heavy atom. The molecule has 0 aliphatic carbocycles. The van der Waals surface area contributed by atoms with E-state index in [1.54, 1.807) is 18.2 Å². The Kier molecular flexibility index (Phi) is 7.48. The second-order valence-corrected chi connectivity index (χ2v) is 6.35. The van der Waals surface area contributed by atoms with Crippen LogP contribution in [0, 0.1) is 0 Å². The van der Waals surface area contributed by atoms with Crippen LogP contribution in [0.4, 0.5) is 0 Å². The first-order chi connectivity index (χ1) is 12.5. The third-order valence-corrected chi connectivity index (χ3v) is 4.03. The molecule has 0 unspecified atom stereocenters. The van der Waals surface area contributed by atoms with Crippen molar-refractivity contribution in [3.8, 4) is 5.75 Å². The molecule has 138 valence electrons. The Labute approximate surface area is 157 Å². The number of nitrogens with one attached hydrogen (secondary N) is 1. The fourth-order valence-corrected chi connectivity index (χ4v) is 2.72. The van der Waals surface area contributed by atoms with Gasteiger partial charge in [0.15, 0.2) is 0 Å². The third kappa shape index (κ3) is 6.08. The highest BCUT2D eigenvalue weighted by molar-refractivity contribution is 6.32. The molecule has 0 radical (unpaired) electrons. The highest BCUT2D eigenvalue weighted by Crippen LogP contribution is 2.25. The first-order valence-corrected chi connectivity index (χ1v) is 8.84. The highest BCUT2D eigenvalue weighted by Gasteiger charge is 2.20. The van der Waals surface area contributed by atoms with Crippen LogP contribution in [0.25, 0.3) is 0 Å². The SMILES string of the molecule is CCCOc1ccc(CC(=O)N[C@H](Cc2ccccc2)C(=O)O)cc1Cl. The molecular weight excluding hydrogens is 354 g/mol. The lowest BCUT2D eigenvalue weighted by Gasteiger charge is -2.15. The number of rotatable bonds is 9. The Bertz CT molecular complexity index is 749. The van der Waals surface area contributed by atoms with Crippen molar-refractivity contribution in [2.24, 2.45) is 0 Å². The summed E-state index contributed by atoms with van der Waals surface area (Å²) < 4.78 is 5.50. The smallest absolute Gasteiger partial charge is 0.326 e. The summed E-state index contributed by atoms with van der Waals surface area (Å²) in [4.78, 5) is 23.7. The zero-order valence-electron chi connectivity index (χ0n) is 14.6. The lowest BCUT2D eigenvalue weighted by molar-refractivity contribution is -0.141. The van der Waals surface area contributed by atoms with Crippen molar-refractivity contribution in [1.29, 1.82) is 0 Å². The molecule has 1 amide bonds. The van der Waals surface area contributed by atoms with Gasteiger partial charge >= 0.3 is 5.97 Å². The summed E-state index contributed by atoms with van der Waals surface area (Å²) in [5.41, 5.74) is 1.54. The number of halogens is 1. The van der Waals surface area contributed by atoms with Gasteiger partial charge in [0.25, 0.3) is 0 Å². The molecule has 1 atom stereocenters. The van der Waals surface area contributed by atoms with Crippen LogP contribution in [-0.4, -0.2) is 29.6 Å². The molecule has 2 rings (SSSR count). The maximum Gasteiger partial charge on any atom is 0.326 e. The number of carbonyl (C=O) groups is 2. The fraction of sp³-hybridized carbons (Fsp3) is 0.300. The molecule has 5 nitrogen and oxygen atoms in total. The number of hydrogen-bond acceptors (Lipinski definition) is 3. The van der Waals surface area contributed by atoms with Crippen molar-refractivity contribution in [2.45, 2.75) is 32.2 Å². The van der Waals surface area contributed by atoms with Gasteiger partial charge in [-0.05, 0) is 29.7 Å². The Morgan fingerprint density at radius 3 is 2.50 bits per heavy atom. The predicted molar refractivity (Wildman–Crippen MR) is 101 cm³/mol. The van der Waals surface area contributed by atoms with Gasteiger partial charge in [-0.1, -0.05) is 54.9 Å². The average molecular weight is 376 g/mol. The van der Waals surface area contributed by atoms with Crippen molar-refractivity contribution < 1.29 is 19.4 Å². The first-order valence-electron chi connectivity index (χ1n) is 8.47. The van der Waals surface area contributed by atoms with Gasteiger partial charge in [0, 0.05) is 6.42 Å². The summed E-state index contributed by atoms with van der Waals surface area (Å²) in [5, 5.41) is 12.4. The van der Waals surface area contributed by atoms with E-state index in [0.29, 0.717) is 22.9 Å². The topological polar surface area (TPSA) is 75.6 Å². The van der Waals surface area contributed by atoms with Crippen molar-refractivity contribution in [1.82, 2.24) is 5.32 Å². The zero-order chi connectivity index (χ0) is 18.9. The molecule has 0 aliphatic heterocycles. The van der Waals surface area contributed by atoms with Crippen molar-refractivity contribution in [3.05, 3.63) is 64.7 Å². The van der Waals surface area contributed by atoms with E-state index in [2.05, 4.69) is 5.32 Å². The lowest BCUT2D eigenvalue weighted by atomic mass is 10.1. The van der Waals surface area contributed by atoms with Crippen LogP contribution >= 0.6 is 11.6 Å². The van der Waals surface area contributed by atoms with Crippen LogP contribution < -0.4 is 10.1 Å². The molecule has 0 aromatic heterocycles.